The quantitative estimate of drug-likeness (QED) is 0.384. The van der Waals surface area contributed by atoms with E-state index >= 15 is 0 Å². The maximum absolute atomic E-state index is 14.6. The van der Waals surface area contributed by atoms with Crippen molar-refractivity contribution >= 4 is 23.0 Å². The molecule has 0 radical (unpaired) electrons. The lowest BCUT2D eigenvalue weighted by atomic mass is 9.85. The van der Waals surface area contributed by atoms with Crippen molar-refractivity contribution in [2.24, 2.45) is 0 Å². The lowest BCUT2D eigenvalue weighted by molar-refractivity contribution is -0.0812. The summed E-state index contributed by atoms with van der Waals surface area (Å²) in [4.78, 5) is 22.4. The summed E-state index contributed by atoms with van der Waals surface area (Å²) in [7, 11) is 1.67. The number of nitrogens with zero attached hydrogens (tertiary/aromatic N) is 6. The van der Waals surface area contributed by atoms with Crippen molar-refractivity contribution in [2.75, 3.05) is 61.7 Å². The zero-order chi connectivity index (χ0) is 29.5. The number of hydrogen-bond acceptors (Lipinski definition) is 9. The van der Waals surface area contributed by atoms with Gasteiger partial charge in [-0.25, -0.2) is 23.8 Å². The number of hydrogen-bond donors (Lipinski definition) is 1. The molecule has 2 unspecified atom stereocenters. The maximum atomic E-state index is 14.6. The average Bonchev–Trinajstić information content (AvgIpc) is 3.53. The molecule has 0 saturated carbocycles. The van der Waals surface area contributed by atoms with Gasteiger partial charge in [-0.1, -0.05) is 19.1 Å². The van der Waals surface area contributed by atoms with Crippen LogP contribution >= 0.6 is 0 Å². The van der Waals surface area contributed by atoms with Crippen LogP contribution in [0.1, 0.15) is 44.2 Å². The molecular weight excluding hydrogens is 552 g/mol. The highest BCUT2D eigenvalue weighted by molar-refractivity contribution is 5.70. The van der Waals surface area contributed by atoms with Gasteiger partial charge in [-0.3, -0.25) is 14.6 Å². The number of ether oxygens (including phenoxy) is 1. The number of aromatic nitrogens is 2. The molecule has 3 aromatic rings. The molecule has 2 bridgehead atoms. The monoisotopic (exact) mass is 591 g/mol. The van der Waals surface area contributed by atoms with E-state index in [1.807, 2.05) is 6.07 Å². The second-order valence-corrected chi connectivity index (χ2v) is 11.9. The summed E-state index contributed by atoms with van der Waals surface area (Å²) in [5, 5.41) is 4.87. The minimum atomic E-state index is -0.879. The Balaban J connectivity index is 1.01. The second-order valence-electron chi connectivity index (χ2n) is 11.9. The molecule has 5 fully saturated rings. The van der Waals surface area contributed by atoms with Crippen LogP contribution in [0.4, 0.5) is 31.8 Å². The Hall–Kier alpha value is -3.54. The van der Waals surface area contributed by atoms with E-state index in [1.54, 1.807) is 19.2 Å². The van der Waals surface area contributed by atoms with Gasteiger partial charge in [-0.05, 0) is 44.0 Å². The van der Waals surface area contributed by atoms with E-state index in [4.69, 9.17) is 9.57 Å². The van der Waals surface area contributed by atoms with Gasteiger partial charge < -0.3 is 15.0 Å². The normalized spacial score (nSPS) is 24.7. The largest absolute Gasteiger partial charge is 0.494 e. The SMILES string of the molecule is CCN1C2CC1CN(C1CCN(c3ccc(Nc4cc(N5OCC[C@@H]5c5cccc(F)c5F)ncn4)c(OC)c3)CC1)C2. The van der Waals surface area contributed by atoms with E-state index < -0.39 is 17.7 Å². The van der Waals surface area contributed by atoms with Crippen LogP contribution in [0, 0.1) is 11.6 Å². The first kappa shape index (κ1) is 28.2. The summed E-state index contributed by atoms with van der Waals surface area (Å²) in [6.45, 7) is 8.34. The summed E-state index contributed by atoms with van der Waals surface area (Å²) >= 11 is 0. The summed E-state index contributed by atoms with van der Waals surface area (Å²) in [5.41, 5.74) is 2.16. The molecule has 0 spiro atoms. The van der Waals surface area contributed by atoms with E-state index in [9.17, 15) is 8.78 Å². The van der Waals surface area contributed by atoms with E-state index in [0.29, 0.717) is 36.5 Å². The standard InChI is InChI=1S/C32H39F2N7O2/c1-3-40-23-15-24(40)19-39(18-23)21-9-12-38(13-10-21)22-7-8-27(29(16-22)42-2)37-30-17-31(36-20-35-30)41-28(11-14-43-41)25-5-4-6-26(33)32(25)34/h4-8,16-17,20-21,23-24,28H,3,9-15,18-19H2,1-2H3,(H,35,36,37)/t23?,24?,28-/m1/s1. The third kappa shape index (κ3) is 5.38. The van der Waals surface area contributed by atoms with Crippen molar-refractivity contribution in [2.45, 2.75) is 56.8 Å². The molecule has 8 rings (SSSR count). The van der Waals surface area contributed by atoms with E-state index in [1.165, 1.54) is 56.4 Å². The van der Waals surface area contributed by atoms with Gasteiger partial charge in [0.05, 0.1) is 25.4 Å². The Kier molecular flexibility index (Phi) is 7.79. The highest BCUT2D eigenvalue weighted by Gasteiger charge is 2.45. The van der Waals surface area contributed by atoms with Gasteiger partial charge in [0.25, 0.3) is 0 Å². The number of rotatable bonds is 8. The number of piperazine rings is 1. The molecule has 2 aromatic carbocycles. The summed E-state index contributed by atoms with van der Waals surface area (Å²) in [6, 6.07) is 13.8. The molecule has 43 heavy (non-hydrogen) atoms. The predicted molar refractivity (Wildman–Crippen MR) is 162 cm³/mol. The Morgan fingerprint density at radius 2 is 1.81 bits per heavy atom. The third-order valence-electron chi connectivity index (χ3n) is 9.66. The molecule has 11 heteroatoms. The van der Waals surface area contributed by atoms with Crippen molar-refractivity contribution in [1.29, 1.82) is 0 Å². The van der Waals surface area contributed by atoms with Gasteiger partial charge in [0.15, 0.2) is 17.5 Å². The molecule has 1 aromatic heterocycles. The van der Waals surface area contributed by atoms with Gasteiger partial charge in [0.1, 0.15) is 17.9 Å². The number of likely N-dealkylation sites (N-methyl/N-ethyl adjacent to an activating group) is 1. The fourth-order valence-corrected chi connectivity index (χ4v) is 7.43. The molecule has 3 atom stereocenters. The van der Waals surface area contributed by atoms with Gasteiger partial charge in [-0.2, -0.15) is 0 Å². The fourth-order valence-electron chi connectivity index (χ4n) is 7.43. The molecule has 9 nitrogen and oxygen atoms in total. The zero-order valence-electron chi connectivity index (χ0n) is 24.8. The Bertz CT molecular complexity index is 1440. The van der Waals surface area contributed by atoms with E-state index in [2.05, 4.69) is 49.0 Å². The molecule has 6 heterocycles. The molecule has 1 N–H and O–H groups in total. The number of anilines is 4. The van der Waals surface area contributed by atoms with Crippen LogP contribution in [-0.2, 0) is 4.84 Å². The smallest absolute Gasteiger partial charge is 0.164 e. The Morgan fingerprint density at radius 1 is 1.00 bits per heavy atom. The lowest BCUT2D eigenvalue weighted by Crippen LogP contribution is -2.70. The maximum Gasteiger partial charge on any atom is 0.164 e. The first-order valence-electron chi connectivity index (χ1n) is 15.4. The molecule has 228 valence electrons. The zero-order valence-corrected chi connectivity index (χ0v) is 24.8. The number of hydroxylamine groups is 1. The van der Waals surface area contributed by atoms with Crippen LogP contribution in [-0.4, -0.2) is 84.3 Å². The highest BCUT2D eigenvalue weighted by atomic mass is 19.2. The van der Waals surface area contributed by atoms with Crippen molar-refractivity contribution in [1.82, 2.24) is 19.8 Å². The summed E-state index contributed by atoms with van der Waals surface area (Å²) in [6.07, 6.45) is 5.67. The van der Waals surface area contributed by atoms with Crippen LogP contribution in [0.3, 0.4) is 0 Å². The van der Waals surface area contributed by atoms with Crippen LogP contribution in [0.25, 0.3) is 0 Å². The topological polar surface area (TPSA) is 69.2 Å². The predicted octanol–water partition coefficient (Wildman–Crippen LogP) is 5.14. The molecular formula is C32H39F2N7O2. The molecule has 0 amide bonds. The number of methoxy groups -OCH3 is 1. The minimum Gasteiger partial charge on any atom is -0.494 e. The van der Waals surface area contributed by atoms with Crippen molar-refractivity contribution < 1.29 is 18.4 Å². The number of fused-ring (bicyclic) bond motifs is 2. The number of piperidine rings is 2. The molecule has 0 aliphatic carbocycles. The Morgan fingerprint density at radius 3 is 2.58 bits per heavy atom. The van der Waals surface area contributed by atoms with Crippen LogP contribution < -0.4 is 20.0 Å². The van der Waals surface area contributed by atoms with Gasteiger partial charge in [-0.15, -0.1) is 0 Å². The van der Waals surface area contributed by atoms with E-state index in [-0.39, 0.29) is 5.56 Å². The summed E-state index contributed by atoms with van der Waals surface area (Å²) < 4.78 is 34.3. The first-order valence-corrected chi connectivity index (χ1v) is 15.4. The molecule has 5 aliphatic heterocycles. The van der Waals surface area contributed by atoms with E-state index in [0.717, 1.165) is 42.6 Å². The second kappa shape index (κ2) is 11.9. The number of nitrogens with one attached hydrogen (secondary N) is 1. The van der Waals surface area contributed by atoms with Crippen LogP contribution in [0.15, 0.2) is 48.8 Å². The van der Waals surface area contributed by atoms with Crippen molar-refractivity contribution in [3.63, 3.8) is 0 Å². The number of halogens is 2. The number of benzene rings is 2. The minimum absolute atomic E-state index is 0.239. The van der Waals surface area contributed by atoms with Gasteiger partial charge in [0, 0.05) is 74.1 Å². The van der Waals surface area contributed by atoms with Crippen molar-refractivity contribution in [3.8, 4) is 5.75 Å². The fraction of sp³-hybridized carbons (Fsp3) is 0.500. The van der Waals surface area contributed by atoms with Crippen LogP contribution in [0.5, 0.6) is 5.75 Å². The average molecular weight is 592 g/mol. The first-order chi connectivity index (χ1) is 21.0. The third-order valence-corrected chi connectivity index (χ3v) is 9.66. The van der Waals surface area contributed by atoms with Crippen molar-refractivity contribution in [3.05, 3.63) is 66.0 Å². The van der Waals surface area contributed by atoms with Gasteiger partial charge in [0.2, 0.25) is 0 Å². The lowest BCUT2D eigenvalue weighted by Gasteiger charge is -2.58. The Labute approximate surface area is 251 Å². The van der Waals surface area contributed by atoms with Crippen LogP contribution in [0.2, 0.25) is 0 Å². The highest BCUT2D eigenvalue weighted by Crippen LogP contribution is 2.38. The molecule has 5 aliphatic rings. The molecule has 5 saturated heterocycles. The van der Waals surface area contributed by atoms with Gasteiger partial charge >= 0.3 is 0 Å². The summed E-state index contributed by atoms with van der Waals surface area (Å²) in [5.74, 6) is -0.0398.